The van der Waals surface area contributed by atoms with Crippen LogP contribution >= 0.6 is 7.82 Å². The number of Topliss-reactive ketones (excluding diaryl/α,β-unsaturated/α-hetero) is 4. The van der Waals surface area contributed by atoms with Gasteiger partial charge in [0.15, 0.2) is 0 Å². The van der Waals surface area contributed by atoms with Gasteiger partial charge in [0.25, 0.3) is 0 Å². The third kappa shape index (κ3) is 27.5. The number of hydrogen-bond donors (Lipinski definition) is 2. The Morgan fingerprint density at radius 1 is 0.672 bits per heavy atom. The van der Waals surface area contributed by atoms with Crippen LogP contribution in [0, 0.1) is 11.8 Å². The van der Waals surface area contributed by atoms with E-state index in [9.17, 15) is 38.2 Å². The highest BCUT2D eigenvalue weighted by atomic mass is 31.2. The molecule has 1 heterocycles. The van der Waals surface area contributed by atoms with Gasteiger partial charge >= 0.3 is 7.82 Å². The fourth-order valence-corrected chi connectivity index (χ4v) is 7.83. The van der Waals surface area contributed by atoms with E-state index in [2.05, 4.69) is 11.4 Å². The summed E-state index contributed by atoms with van der Waals surface area (Å²) < 4.78 is 31.9. The Kier molecular flexibility index (Phi) is 32.0. The van der Waals surface area contributed by atoms with Crippen LogP contribution in [0.15, 0.2) is 0 Å². The quantitative estimate of drug-likeness (QED) is 0.0343. The van der Waals surface area contributed by atoms with Crippen LogP contribution in [0.2, 0.25) is 0 Å². The first-order valence-corrected chi connectivity index (χ1v) is 23.8. The summed E-state index contributed by atoms with van der Waals surface area (Å²) in [5.41, 5.74) is 5.64. The molecule has 3 atom stereocenters. The summed E-state index contributed by atoms with van der Waals surface area (Å²) in [7, 11) is -3.93. The number of ketones is 4. The number of likely N-dealkylation sites (tertiary alicyclic amines) is 1. The molecule has 1 rings (SSSR count). The van der Waals surface area contributed by atoms with Gasteiger partial charge in [0.1, 0.15) is 23.1 Å². The van der Waals surface area contributed by atoms with Gasteiger partial charge in [0.2, 0.25) is 11.8 Å². The Labute approximate surface area is 348 Å². The Morgan fingerprint density at radius 2 is 1.21 bits per heavy atom. The first kappa shape index (κ1) is 53.8. The van der Waals surface area contributed by atoms with Gasteiger partial charge in [-0.1, -0.05) is 90.4 Å². The van der Waals surface area contributed by atoms with Gasteiger partial charge in [0, 0.05) is 69.9 Å². The molecule has 58 heavy (non-hydrogen) atoms. The fourth-order valence-electron chi connectivity index (χ4n) is 7.07. The topological polar surface area (TPSA) is 206 Å². The molecule has 1 aliphatic heterocycles. The minimum absolute atomic E-state index is 0.00505. The molecule has 15 heteroatoms. The number of unbranched alkanes of at least 4 members (excludes halogenated alkanes) is 14. The lowest BCUT2D eigenvalue weighted by atomic mass is 9.85. The van der Waals surface area contributed by atoms with E-state index in [0.29, 0.717) is 58.5 Å². The Bertz CT molecular complexity index is 1230. The highest BCUT2D eigenvalue weighted by molar-refractivity contribution is 7.47. The molecule has 14 nitrogen and oxygen atoms in total. The van der Waals surface area contributed by atoms with E-state index in [4.69, 9.17) is 19.7 Å². The molecule has 0 aromatic heterocycles. The molecule has 0 radical (unpaired) electrons. The maximum atomic E-state index is 13.1. The number of amides is 2. The molecule has 0 aromatic rings. The Balaban J connectivity index is 2.14. The van der Waals surface area contributed by atoms with Gasteiger partial charge in [-0.2, -0.15) is 0 Å². The first-order valence-electron chi connectivity index (χ1n) is 22.3. The fraction of sp³-hybridized carbons (Fsp3) is 0.860. The summed E-state index contributed by atoms with van der Waals surface area (Å²) in [5, 5.41) is 0. The maximum Gasteiger partial charge on any atom is 0.472 e. The van der Waals surface area contributed by atoms with E-state index in [-0.39, 0.29) is 87.4 Å². The van der Waals surface area contributed by atoms with Crippen LogP contribution in [-0.4, -0.2) is 97.5 Å². The number of rotatable bonds is 42. The molecule has 1 aliphatic rings. The Morgan fingerprint density at radius 3 is 1.81 bits per heavy atom. The molecule has 0 bridgehead atoms. The second-order valence-electron chi connectivity index (χ2n) is 15.6. The van der Waals surface area contributed by atoms with Crippen molar-refractivity contribution in [1.29, 1.82) is 0 Å². The average Bonchev–Trinajstić information content (AvgIpc) is 3.45. The summed E-state index contributed by atoms with van der Waals surface area (Å²) in [6.07, 6.45) is 19.2. The van der Waals surface area contributed by atoms with E-state index in [0.717, 1.165) is 49.8 Å². The van der Waals surface area contributed by atoms with Gasteiger partial charge in [-0.25, -0.2) is 4.57 Å². The lowest BCUT2D eigenvalue weighted by Crippen LogP contribution is -2.34. The summed E-state index contributed by atoms with van der Waals surface area (Å²) in [4.78, 5) is 86.3. The summed E-state index contributed by atoms with van der Waals surface area (Å²) in [5.74, 6) is -2.38. The number of ether oxygens (including phenoxy) is 2. The van der Waals surface area contributed by atoms with Gasteiger partial charge in [0.05, 0.1) is 39.6 Å². The number of hydrogen-bond acceptors (Lipinski definition) is 12. The van der Waals surface area contributed by atoms with Crippen molar-refractivity contribution < 1.29 is 56.7 Å². The number of imide groups is 1. The second kappa shape index (κ2) is 34.5. The standard InChI is InChI=1S/C43H77N2O12P/c1-3-5-6-7-8-9-10-11-12-14-18-22-40(48)33-36(41(49)35-44)32-37-34-42(50)45(43(37)51)26-24-38(46)23-20-27-54-30-31-55-29-25-39(47)21-17-15-13-16-19-28-57-58(52,53)56-4-2/h36-37H,3-35,44H2,1-2H3,(H,52,53)/t36-,37?/m0/s1. The maximum absolute atomic E-state index is 13.1. The minimum atomic E-state index is -3.93. The number of carbonyl (C=O) groups excluding carboxylic acids is 6. The SMILES string of the molecule is CCCCCCCCCCCCCC(=O)C[C@H](CC1CC(=O)N(CCC(=O)CCCOCCOCCC(=O)CCCCCCCOP(=O)(O)OCC)C1=O)C(=O)CN. The van der Waals surface area contributed by atoms with Gasteiger partial charge < -0.3 is 20.1 Å². The highest BCUT2D eigenvalue weighted by Crippen LogP contribution is 2.43. The van der Waals surface area contributed by atoms with Crippen LogP contribution in [0.3, 0.4) is 0 Å². The van der Waals surface area contributed by atoms with E-state index < -0.39 is 25.6 Å². The zero-order valence-corrected chi connectivity index (χ0v) is 36.8. The largest absolute Gasteiger partial charge is 0.472 e. The number of nitrogens with two attached hydrogens (primary N) is 1. The van der Waals surface area contributed by atoms with Crippen LogP contribution in [0.1, 0.15) is 174 Å². The van der Waals surface area contributed by atoms with E-state index >= 15 is 0 Å². The van der Waals surface area contributed by atoms with Crippen LogP contribution in [0.4, 0.5) is 0 Å². The Hall–Kier alpha value is -2.19. The van der Waals surface area contributed by atoms with E-state index in [1.54, 1.807) is 6.92 Å². The molecule has 1 saturated heterocycles. The van der Waals surface area contributed by atoms with E-state index in [1.165, 1.54) is 51.4 Å². The number of carbonyl (C=O) groups is 6. The van der Waals surface area contributed by atoms with Crippen molar-refractivity contribution in [3.63, 3.8) is 0 Å². The molecule has 0 spiro atoms. The average molecular weight is 845 g/mol. The summed E-state index contributed by atoms with van der Waals surface area (Å²) in [6, 6.07) is 0. The van der Waals surface area contributed by atoms with Crippen LogP contribution in [-0.2, 0) is 51.9 Å². The van der Waals surface area contributed by atoms with Crippen molar-refractivity contribution >= 4 is 42.8 Å². The molecule has 336 valence electrons. The zero-order valence-electron chi connectivity index (χ0n) is 35.9. The molecule has 0 aliphatic carbocycles. The van der Waals surface area contributed by atoms with E-state index in [1.807, 2.05) is 0 Å². The lowest BCUT2D eigenvalue weighted by molar-refractivity contribution is -0.140. The van der Waals surface area contributed by atoms with Crippen molar-refractivity contribution in [1.82, 2.24) is 4.90 Å². The third-order valence-electron chi connectivity index (χ3n) is 10.5. The van der Waals surface area contributed by atoms with Gasteiger partial charge in [-0.05, 0) is 39.0 Å². The zero-order chi connectivity index (χ0) is 42.9. The second-order valence-corrected chi connectivity index (χ2v) is 17.0. The molecule has 2 unspecified atom stereocenters. The lowest BCUT2D eigenvalue weighted by Gasteiger charge is -2.18. The molecule has 0 saturated carbocycles. The van der Waals surface area contributed by atoms with Crippen LogP contribution < -0.4 is 5.73 Å². The predicted molar refractivity (Wildman–Crippen MR) is 223 cm³/mol. The number of phosphoric ester groups is 1. The molecular weight excluding hydrogens is 767 g/mol. The van der Waals surface area contributed by atoms with Crippen molar-refractivity contribution in [2.75, 3.05) is 52.7 Å². The van der Waals surface area contributed by atoms with Gasteiger partial charge in [-0.3, -0.25) is 42.7 Å². The van der Waals surface area contributed by atoms with Crippen LogP contribution in [0.25, 0.3) is 0 Å². The molecular formula is C43H77N2O12P. The molecule has 1 fully saturated rings. The summed E-state index contributed by atoms with van der Waals surface area (Å²) >= 11 is 0. The first-order chi connectivity index (χ1) is 27.9. The smallest absolute Gasteiger partial charge is 0.379 e. The van der Waals surface area contributed by atoms with Crippen molar-refractivity contribution in [3.8, 4) is 0 Å². The minimum Gasteiger partial charge on any atom is -0.379 e. The summed E-state index contributed by atoms with van der Waals surface area (Å²) in [6.45, 7) is 5.22. The van der Waals surface area contributed by atoms with Crippen molar-refractivity contribution in [3.05, 3.63) is 0 Å². The number of nitrogens with zero attached hydrogens (tertiary/aromatic N) is 1. The monoisotopic (exact) mass is 845 g/mol. The van der Waals surface area contributed by atoms with Gasteiger partial charge in [-0.15, -0.1) is 0 Å². The van der Waals surface area contributed by atoms with Crippen molar-refractivity contribution in [2.45, 2.75) is 174 Å². The normalized spacial score (nSPS) is 15.9. The molecule has 3 N–H and O–H groups in total. The third-order valence-corrected chi connectivity index (χ3v) is 11.6. The highest BCUT2D eigenvalue weighted by Gasteiger charge is 2.40. The molecule has 0 aromatic carbocycles. The predicted octanol–water partition coefficient (Wildman–Crippen LogP) is 7.78. The molecule has 2 amide bonds. The number of phosphoric acid groups is 1. The van der Waals surface area contributed by atoms with Crippen LogP contribution in [0.5, 0.6) is 0 Å². The van der Waals surface area contributed by atoms with Crippen molar-refractivity contribution in [2.24, 2.45) is 17.6 Å².